The number of carbonyl (C=O) groups is 3. The molecule has 0 heterocycles. The van der Waals surface area contributed by atoms with Gasteiger partial charge in [-0.3, -0.25) is 14.4 Å². The fraction of sp³-hybridized carbons (Fsp3) is 0.843. The first-order valence-corrected chi connectivity index (χ1v) is 33.6. The zero-order valence-electron chi connectivity index (χ0n) is 51.0. The predicted octanol–water partition coefficient (Wildman–Crippen LogP) is 22.9. The van der Waals surface area contributed by atoms with Gasteiger partial charge in [0.1, 0.15) is 13.2 Å². The number of hydrogen-bond donors (Lipinski definition) is 0. The van der Waals surface area contributed by atoms with Crippen LogP contribution in [0.2, 0.25) is 0 Å². The van der Waals surface area contributed by atoms with Gasteiger partial charge in [-0.15, -0.1) is 0 Å². The first kappa shape index (κ1) is 73.4. The van der Waals surface area contributed by atoms with Crippen LogP contribution in [-0.2, 0) is 28.6 Å². The summed E-state index contributed by atoms with van der Waals surface area (Å²) in [4.78, 5) is 38.4. The second kappa shape index (κ2) is 64.9. The van der Waals surface area contributed by atoms with Crippen molar-refractivity contribution in [1.29, 1.82) is 0 Å². The Bertz CT molecular complexity index is 1310. The van der Waals surface area contributed by atoms with Crippen molar-refractivity contribution in [3.05, 3.63) is 48.6 Å². The summed E-state index contributed by atoms with van der Waals surface area (Å²) in [5.74, 6) is -0.866. The summed E-state index contributed by atoms with van der Waals surface area (Å²) in [5, 5.41) is 0. The van der Waals surface area contributed by atoms with E-state index in [-0.39, 0.29) is 31.1 Å². The summed E-state index contributed by atoms with van der Waals surface area (Å²) in [5.41, 5.74) is 0. The lowest BCUT2D eigenvalue weighted by molar-refractivity contribution is -0.167. The molecule has 444 valence electrons. The summed E-state index contributed by atoms with van der Waals surface area (Å²) < 4.78 is 17.0. The lowest BCUT2D eigenvalue weighted by atomic mass is 10.0. The Labute approximate surface area is 473 Å². The van der Waals surface area contributed by atoms with E-state index in [1.807, 2.05) is 0 Å². The standard InChI is InChI=1S/C70H128O6/c1-4-7-10-13-16-19-22-25-28-31-33-34-35-36-38-39-42-45-48-51-54-57-60-63-69(72)75-66-67(65-74-68(71)62-59-56-53-50-47-44-41-30-27-24-21-18-15-12-9-6-3)76-70(73)64-61-58-55-52-49-46-43-40-37-32-29-26-23-20-17-14-11-8-5-2/h22,25,30-31,33,35-36,41,67H,4-21,23-24,26-29,32,34,37-40,42-66H2,1-3H3/b25-22-,33-31-,36-35-,41-30-. The number of hydrogen-bond acceptors (Lipinski definition) is 6. The van der Waals surface area contributed by atoms with Gasteiger partial charge < -0.3 is 14.2 Å². The molecule has 0 aromatic rings. The molecule has 0 saturated carbocycles. The molecule has 0 N–H and O–H groups in total. The molecule has 0 amide bonds. The number of rotatable bonds is 62. The molecule has 0 aromatic heterocycles. The molecule has 1 atom stereocenters. The average molecular weight is 1070 g/mol. The second-order valence-electron chi connectivity index (χ2n) is 22.7. The molecule has 6 heteroatoms. The normalized spacial score (nSPS) is 12.3. The SMILES string of the molecule is CCCCCCC/C=C\C/C=C\C/C=C\CCCCCCCCCCC(=O)OCC(COC(=O)CCCCCCC/C=C\CCCCCCCCC)OC(=O)CCCCCCCCCCCCCCCCCCCCC. The molecular weight excluding hydrogens is 937 g/mol. The Hall–Kier alpha value is -2.63. The van der Waals surface area contributed by atoms with Crippen molar-refractivity contribution in [2.75, 3.05) is 13.2 Å². The quantitative estimate of drug-likeness (QED) is 0.0261. The van der Waals surface area contributed by atoms with Gasteiger partial charge in [0.05, 0.1) is 0 Å². The van der Waals surface area contributed by atoms with Crippen molar-refractivity contribution in [3.63, 3.8) is 0 Å². The van der Waals surface area contributed by atoms with Crippen LogP contribution in [0.25, 0.3) is 0 Å². The largest absolute Gasteiger partial charge is 0.462 e. The van der Waals surface area contributed by atoms with Gasteiger partial charge in [-0.2, -0.15) is 0 Å². The molecule has 0 aliphatic rings. The van der Waals surface area contributed by atoms with E-state index in [4.69, 9.17) is 14.2 Å². The minimum atomic E-state index is -0.779. The van der Waals surface area contributed by atoms with Crippen molar-refractivity contribution in [2.24, 2.45) is 0 Å². The summed E-state index contributed by atoms with van der Waals surface area (Å²) in [6.07, 6.45) is 81.2. The van der Waals surface area contributed by atoms with E-state index in [0.29, 0.717) is 19.3 Å². The summed E-state index contributed by atoms with van der Waals surface area (Å²) in [7, 11) is 0. The van der Waals surface area contributed by atoms with Crippen LogP contribution >= 0.6 is 0 Å². The van der Waals surface area contributed by atoms with Gasteiger partial charge in [0.15, 0.2) is 6.10 Å². The third kappa shape index (κ3) is 62.2. The first-order valence-electron chi connectivity index (χ1n) is 33.6. The average Bonchev–Trinajstić information content (AvgIpc) is 3.42. The molecule has 0 aliphatic carbocycles. The van der Waals surface area contributed by atoms with Crippen LogP contribution in [0.1, 0.15) is 361 Å². The zero-order valence-corrected chi connectivity index (χ0v) is 51.0. The van der Waals surface area contributed by atoms with E-state index in [1.54, 1.807) is 0 Å². The minimum Gasteiger partial charge on any atom is -0.462 e. The number of carbonyl (C=O) groups excluding carboxylic acids is 3. The van der Waals surface area contributed by atoms with Gasteiger partial charge >= 0.3 is 17.9 Å². The maximum atomic E-state index is 12.9. The van der Waals surface area contributed by atoms with Crippen molar-refractivity contribution in [3.8, 4) is 0 Å². The molecule has 0 aliphatic heterocycles. The maximum absolute atomic E-state index is 12.9. The highest BCUT2D eigenvalue weighted by Gasteiger charge is 2.19. The molecule has 0 saturated heterocycles. The molecule has 6 nitrogen and oxygen atoms in total. The molecule has 76 heavy (non-hydrogen) atoms. The lowest BCUT2D eigenvalue weighted by Gasteiger charge is -2.18. The van der Waals surface area contributed by atoms with Gasteiger partial charge in [0, 0.05) is 19.3 Å². The van der Waals surface area contributed by atoms with Gasteiger partial charge in [-0.05, 0) is 83.5 Å². The first-order chi connectivity index (χ1) is 37.5. The van der Waals surface area contributed by atoms with E-state index < -0.39 is 6.10 Å². The van der Waals surface area contributed by atoms with E-state index in [0.717, 1.165) is 83.5 Å². The van der Waals surface area contributed by atoms with Gasteiger partial charge in [0.2, 0.25) is 0 Å². The predicted molar refractivity (Wildman–Crippen MR) is 330 cm³/mol. The highest BCUT2D eigenvalue weighted by molar-refractivity contribution is 5.71. The van der Waals surface area contributed by atoms with Gasteiger partial charge in [-0.1, -0.05) is 307 Å². The number of unbranched alkanes of at least 4 members (excludes halogenated alkanes) is 43. The molecular formula is C70H128O6. The Morgan fingerprint density at radius 1 is 0.263 bits per heavy atom. The zero-order chi connectivity index (χ0) is 55.0. The molecule has 0 rings (SSSR count). The van der Waals surface area contributed by atoms with Crippen LogP contribution in [0.4, 0.5) is 0 Å². The molecule has 0 bridgehead atoms. The molecule has 0 aromatic carbocycles. The van der Waals surface area contributed by atoms with Gasteiger partial charge in [0.25, 0.3) is 0 Å². The van der Waals surface area contributed by atoms with Crippen LogP contribution in [0, 0.1) is 0 Å². The molecule has 0 spiro atoms. The van der Waals surface area contributed by atoms with Crippen molar-refractivity contribution < 1.29 is 28.6 Å². The minimum absolute atomic E-state index is 0.0760. The van der Waals surface area contributed by atoms with E-state index in [9.17, 15) is 14.4 Å². The number of ether oxygens (including phenoxy) is 3. The lowest BCUT2D eigenvalue weighted by Crippen LogP contribution is -2.30. The van der Waals surface area contributed by atoms with Crippen molar-refractivity contribution >= 4 is 17.9 Å². The Balaban J connectivity index is 4.34. The molecule has 0 fully saturated rings. The van der Waals surface area contributed by atoms with E-state index in [2.05, 4.69) is 69.4 Å². The van der Waals surface area contributed by atoms with E-state index in [1.165, 1.54) is 238 Å². The third-order valence-corrected chi connectivity index (χ3v) is 15.1. The van der Waals surface area contributed by atoms with Crippen molar-refractivity contribution in [1.82, 2.24) is 0 Å². The fourth-order valence-electron chi connectivity index (χ4n) is 9.98. The Morgan fingerprint density at radius 3 is 0.750 bits per heavy atom. The van der Waals surface area contributed by atoms with E-state index >= 15 is 0 Å². The number of allylic oxidation sites excluding steroid dienone is 8. The topological polar surface area (TPSA) is 78.9 Å². The van der Waals surface area contributed by atoms with Crippen molar-refractivity contribution in [2.45, 2.75) is 367 Å². The molecule has 0 radical (unpaired) electrons. The summed E-state index contributed by atoms with van der Waals surface area (Å²) in [6.45, 7) is 6.68. The monoisotopic (exact) mass is 1060 g/mol. The summed E-state index contributed by atoms with van der Waals surface area (Å²) in [6, 6.07) is 0. The Kier molecular flexibility index (Phi) is 62.6. The van der Waals surface area contributed by atoms with Crippen LogP contribution in [-0.4, -0.2) is 37.2 Å². The van der Waals surface area contributed by atoms with Crippen LogP contribution in [0.15, 0.2) is 48.6 Å². The van der Waals surface area contributed by atoms with Crippen LogP contribution in [0.5, 0.6) is 0 Å². The fourth-order valence-corrected chi connectivity index (χ4v) is 9.98. The number of esters is 3. The highest BCUT2D eigenvalue weighted by Crippen LogP contribution is 2.17. The Morgan fingerprint density at radius 2 is 0.474 bits per heavy atom. The molecule has 1 unspecified atom stereocenters. The van der Waals surface area contributed by atoms with Gasteiger partial charge in [-0.25, -0.2) is 0 Å². The third-order valence-electron chi connectivity index (χ3n) is 15.1. The van der Waals surface area contributed by atoms with Crippen LogP contribution in [0.3, 0.4) is 0 Å². The highest BCUT2D eigenvalue weighted by atomic mass is 16.6. The second-order valence-corrected chi connectivity index (χ2v) is 22.7. The van der Waals surface area contributed by atoms with Crippen LogP contribution < -0.4 is 0 Å². The maximum Gasteiger partial charge on any atom is 0.306 e. The summed E-state index contributed by atoms with van der Waals surface area (Å²) >= 11 is 0. The smallest absolute Gasteiger partial charge is 0.306 e.